The van der Waals surface area contributed by atoms with Gasteiger partial charge in [-0.1, -0.05) is 6.92 Å². The van der Waals surface area contributed by atoms with Crippen LogP contribution in [0.25, 0.3) is 0 Å². The lowest BCUT2D eigenvalue weighted by atomic mass is 10.2. The lowest BCUT2D eigenvalue weighted by Crippen LogP contribution is -2.38. The number of amides is 3. The van der Waals surface area contributed by atoms with Crippen molar-refractivity contribution in [2.45, 2.75) is 18.0 Å². The van der Waals surface area contributed by atoms with Crippen LogP contribution in [0.3, 0.4) is 0 Å². The number of nitrogens with one attached hydrogen (secondary N) is 2. The molecule has 0 spiro atoms. The maximum absolute atomic E-state index is 12.6. The Morgan fingerprint density at radius 3 is 2.21 bits per heavy atom. The summed E-state index contributed by atoms with van der Waals surface area (Å²) in [6.07, 6.45) is -4.06. The molecule has 0 unspecified atom stereocenters. The van der Waals surface area contributed by atoms with Gasteiger partial charge in [0, 0.05) is 24.5 Å². The molecule has 156 valence electrons. The molecule has 0 saturated heterocycles. The standard InChI is InChI=1S/C19H20F3N3O3S/c1-2-25(12-11-23-18(27)24-13-26)29-17-9-7-16(8-10-17)28-15-5-3-14(4-6-15)19(20,21)22/h3-10,13H,2,11-12H2,1H3,(H2,23,24,26,27). The van der Waals surface area contributed by atoms with Gasteiger partial charge in [-0.05, 0) is 60.5 Å². The fraction of sp³-hybridized carbons (Fsp3) is 0.263. The maximum Gasteiger partial charge on any atom is 0.416 e. The molecule has 0 radical (unpaired) electrons. The second-order valence-corrected chi connectivity index (χ2v) is 6.90. The van der Waals surface area contributed by atoms with E-state index in [1.807, 2.05) is 28.7 Å². The molecule has 3 amide bonds. The maximum atomic E-state index is 12.6. The molecular weight excluding hydrogens is 407 g/mol. The summed E-state index contributed by atoms with van der Waals surface area (Å²) in [6.45, 7) is 3.64. The summed E-state index contributed by atoms with van der Waals surface area (Å²) in [6, 6.07) is 11.1. The van der Waals surface area contributed by atoms with E-state index in [0.29, 0.717) is 31.0 Å². The van der Waals surface area contributed by atoms with Gasteiger partial charge in [0.25, 0.3) is 0 Å². The van der Waals surface area contributed by atoms with Crippen LogP contribution >= 0.6 is 11.9 Å². The van der Waals surface area contributed by atoms with Crippen LogP contribution in [-0.4, -0.2) is 36.4 Å². The molecule has 2 aromatic carbocycles. The first-order chi connectivity index (χ1) is 13.8. The molecule has 0 aliphatic carbocycles. The normalized spacial score (nSPS) is 11.2. The highest BCUT2D eigenvalue weighted by molar-refractivity contribution is 7.97. The zero-order valence-electron chi connectivity index (χ0n) is 15.5. The Bertz CT molecular complexity index is 799. The minimum absolute atomic E-state index is 0.313. The highest BCUT2D eigenvalue weighted by Crippen LogP contribution is 2.32. The van der Waals surface area contributed by atoms with Crippen LogP contribution in [0.2, 0.25) is 0 Å². The van der Waals surface area contributed by atoms with Crippen LogP contribution in [-0.2, 0) is 11.0 Å². The number of carbonyl (C=O) groups is 2. The average Bonchev–Trinajstić information content (AvgIpc) is 2.68. The summed E-state index contributed by atoms with van der Waals surface area (Å²) in [5.41, 5.74) is -0.727. The van der Waals surface area contributed by atoms with Crippen LogP contribution in [0.15, 0.2) is 53.4 Å². The van der Waals surface area contributed by atoms with E-state index < -0.39 is 17.8 Å². The second kappa shape index (κ2) is 10.7. The minimum atomic E-state index is -4.38. The number of ether oxygens (including phenoxy) is 1. The first-order valence-electron chi connectivity index (χ1n) is 8.68. The van der Waals surface area contributed by atoms with E-state index >= 15 is 0 Å². The van der Waals surface area contributed by atoms with Crippen molar-refractivity contribution in [1.82, 2.24) is 14.9 Å². The number of rotatable bonds is 9. The van der Waals surface area contributed by atoms with E-state index in [1.54, 1.807) is 12.1 Å². The molecule has 29 heavy (non-hydrogen) atoms. The Morgan fingerprint density at radius 2 is 1.69 bits per heavy atom. The number of nitrogens with zero attached hydrogens (tertiary/aromatic N) is 1. The zero-order chi connectivity index (χ0) is 21.3. The van der Waals surface area contributed by atoms with E-state index in [4.69, 9.17) is 4.74 Å². The summed E-state index contributed by atoms with van der Waals surface area (Å²) in [7, 11) is 0. The van der Waals surface area contributed by atoms with Crippen LogP contribution in [0.5, 0.6) is 11.5 Å². The number of hydrogen-bond acceptors (Lipinski definition) is 5. The van der Waals surface area contributed by atoms with Crippen molar-refractivity contribution in [1.29, 1.82) is 0 Å². The summed E-state index contributed by atoms with van der Waals surface area (Å²) in [5.74, 6) is 0.817. The third-order valence-electron chi connectivity index (χ3n) is 3.67. The van der Waals surface area contributed by atoms with Crippen molar-refractivity contribution in [3.63, 3.8) is 0 Å². The van der Waals surface area contributed by atoms with Crippen molar-refractivity contribution in [3.05, 3.63) is 54.1 Å². The SMILES string of the molecule is CCN(CCNC(=O)NC=O)Sc1ccc(Oc2ccc(C(F)(F)F)cc2)cc1. The van der Waals surface area contributed by atoms with Crippen LogP contribution in [0.4, 0.5) is 18.0 Å². The summed E-state index contributed by atoms with van der Waals surface area (Å²) in [4.78, 5) is 22.3. The van der Waals surface area contributed by atoms with Crippen molar-refractivity contribution < 1.29 is 27.5 Å². The summed E-state index contributed by atoms with van der Waals surface area (Å²) in [5, 5.41) is 4.56. The number of urea groups is 1. The smallest absolute Gasteiger partial charge is 0.416 e. The molecule has 0 fully saturated rings. The van der Waals surface area contributed by atoms with E-state index in [0.717, 1.165) is 23.6 Å². The number of alkyl halides is 3. The van der Waals surface area contributed by atoms with Gasteiger partial charge in [-0.15, -0.1) is 0 Å². The van der Waals surface area contributed by atoms with Gasteiger partial charge in [0.2, 0.25) is 6.41 Å². The van der Waals surface area contributed by atoms with Gasteiger partial charge in [-0.3, -0.25) is 10.1 Å². The van der Waals surface area contributed by atoms with Gasteiger partial charge in [0.1, 0.15) is 11.5 Å². The monoisotopic (exact) mass is 427 g/mol. The molecule has 10 heteroatoms. The van der Waals surface area contributed by atoms with Crippen LogP contribution in [0, 0.1) is 0 Å². The lowest BCUT2D eigenvalue weighted by molar-refractivity contribution is -0.137. The quantitative estimate of drug-likeness (QED) is 0.462. The van der Waals surface area contributed by atoms with Gasteiger partial charge >= 0.3 is 12.2 Å². The van der Waals surface area contributed by atoms with Gasteiger partial charge in [-0.2, -0.15) is 13.2 Å². The molecule has 0 aromatic heterocycles. The van der Waals surface area contributed by atoms with Crippen molar-refractivity contribution >= 4 is 24.4 Å². The number of halogens is 3. The molecule has 2 aromatic rings. The predicted octanol–water partition coefficient (Wildman–Crippen LogP) is 4.28. The first-order valence-corrected chi connectivity index (χ1v) is 9.45. The Hall–Kier alpha value is -2.72. The third-order valence-corrected chi connectivity index (χ3v) is 4.85. The van der Waals surface area contributed by atoms with Crippen LogP contribution in [0.1, 0.15) is 12.5 Å². The Kier molecular flexibility index (Phi) is 8.34. The fourth-order valence-electron chi connectivity index (χ4n) is 2.23. The van der Waals surface area contributed by atoms with Gasteiger partial charge in [-0.25, -0.2) is 9.10 Å². The highest BCUT2D eigenvalue weighted by atomic mass is 32.2. The van der Waals surface area contributed by atoms with E-state index in [1.165, 1.54) is 24.1 Å². The largest absolute Gasteiger partial charge is 0.457 e. The number of carbonyl (C=O) groups excluding carboxylic acids is 2. The van der Waals surface area contributed by atoms with Gasteiger partial charge in [0.15, 0.2) is 0 Å². The van der Waals surface area contributed by atoms with Crippen molar-refractivity contribution in [3.8, 4) is 11.5 Å². The van der Waals surface area contributed by atoms with Crippen LogP contribution < -0.4 is 15.4 Å². The molecule has 2 N–H and O–H groups in total. The molecule has 0 heterocycles. The van der Waals surface area contributed by atoms with Crippen molar-refractivity contribution in [2.24, 2.45) is 0 Å². The molecule has 0 atom stereocenters. The van der Waals surface area contributed by atoms with E-state index in [-0.39, 0.29) is 0 Å². The number of imide groups is 1. The van der Waals surface area contributed by atoms with E-state index in [9.17, 15) is 22.8 Å². The molecule has 0 bridgehead atoms. The van der Waals surface area contributed by atoms with Crippen molar-refractivity contribution in [2.75, 3.05) is 19.6 Å². The Morgan fingerprint density at radius 1 is 1.10 bits per heavy atom. The topological polar surface area (TPSA) is 70.7 Å². The molecule has 0 aliphatic rings. The van der Waals surface area contributed by atoms with E-state index in [2.05, 4.69) is 5.32 Å². The summed E-state index contributed by atoms with van der Waals surface area (Å²) >= 11 is 1.48. The highest BCUT2D eigenvalue weighted by Gasteiger charge is 2.30. The van der Waals surface area contributed by atoms with Gasteiger partial charge < -0.3 is 10.1 Å². The predicted molar refractivity (Wildman–Crippen MR) is 104 cm³/mol. The van der Waals surface area contributed by atoms with Gasteiger partial charge in [0.05, 0.1) is 5.56 Å². The molecule has 6 nitrogen and oxygen atoms in total. The zero-order valence-corrected chi connectivity index (χ0v) is 16.3. The Balaban J connectivity index is 1.87. The first kappa shape index (κ1) is 22.6. The number of benzene rings is 2. The fourth-order valence-corrected chi connectivity index (χ4v) is 3.10. The lowest BCUT2D eigenvalue weighted by Gasteiger charge is -2.19. The molecule has 2 rings (SSSR count). The third kappa shape index (κ3) is 7.66. The Labute approximate surface area is 170 Å². The molecule has 0 saturated carbocycles. The molecule has 0 aliphatic heterocycles. The average molecular weight is 427 g/mol. The summed E-state index contributed by atoms with van der Waals surface area (Å²) < 4.78 is 45.4. The minimum Gasteiger partial charge on any atom is -0.457 e. The number of hydrogen-bond donors (Lipinski definition) is 2. The number of likely N-dealkylation sites (N-methyl/N-ethyl adjacent to an activating group) is 1. The molecular formula is C19H20F3N3O3S. The second-order valence-electron chi connectivity index (χ2n) is 5.73.